The Bertz CT molecular complexity index is 1940. The van der Waals surface area contributed by atoms with E-state index in [4.69, 9.17) is 9.15 Å². The number of phenolic OH excluding ortho intramolecular Hbond substituents is 7. The molecule has 1 aliphatic heterocycles. The van der Waals surface area contributed by atoms with Crippen LogP contribution in [0.25, 0.3) is 22.3 Å². The second-order valence-electron chi connectivity index (χ2n) is 9.52. The highest BCUT2D eigenvalue weighted by molar-refractivity contribution is 6.09. The van der Waals surface area contributed by atoms with E-state index in [1.807, 2.05) is 0 Å². The topological polar surface area (TPSA) is 198 Å². The molecular weight excluding hydrogens is 536 g/mol. The molecule has 0 radical (unpaired) electrons. The Morgan fingerprint density at radius 1 is 0.634 bits per heavy atom. The number of fused-ring (bicyclic) bond motifs is 2. The van der Waals surface area contributed by atoms with Gasteiger partial charge in [-0.1, -0.05) is 12.1 Å². The van der Waals surface area contributed by atoms with Crippen LogP contribution >= 0.6 is 0 Å². The molecule has 7 N–H and O–H groups in total. The number of hydrogen-bond acceptors (Lipinski definition) is 11. The van der Waals surface area contributed by atoms with E-state index < -0.39 is 52.0 Å². The highest BCUT2D eigenvalue weighted by atomic mass is 16.5. The highest BCUT2D eigenvalue weighted by Crippen LogP contribution is 2.52. The van der Waals surface area contributed by atoms with Crippen molar-refractivity contribution in [3.05, 3.63) is 93.6 Å². The van der Waals surface area contributed by atoms with Gasteiger partial charge in [0.25, 0.3) is 0 Å². The van der Waals surface area contributed by atoms with E-state index >= 15 is 0 Å². The lowest BCUT2D eigenvalue weighted by Gasteiger charge is -2.34. The summed E-state index contributed by atoms with van der Waals surface area (Å²) in [4.78, 5) is 27.3. The molecule has 206 valence electrons. The van der Waals surface area contributed by atoms with E-state index in [1.165, 1.54) is 36.4 Å². The Kier molecular flexibility index (Phi) is 5.66. The van der Waals surface area contributed by atoms with Gasteiger partial charge in [0.05, 0.1) is 11.5 Å². The van der Waals surface area contributed by atoms with Crippen molar-refractivity contribution >= 4 is 16.8 Å². The van der Waals surface area contributed by atoms with Crippen LogP contribution in [0.15, 0.2) is 75.9 Å². The number of hydrogen-bond donors (Lipinski definition) is 7. The van der Waals surface area contributed by atoms with Crippen molar-refractivity contribution in [1.82, 2.24) is 0 Å². The first-order valence-electron chi connectivity index (χ1n) is 12.1. The maximum Gasteiger partial charge on any atom is 0.197 e. The van der Waals surface area contributed by atoms with Gasteiger partial charge in [-0.2, -0.15) is 0 Å². The number of aromatic hydroxyl groups is 7. The summed E-state index contributed by atoms with van der Waals surface area (Å²) in [7, 11) is 0. The number of ketones is 1. The summed E-state index contributed by atoms with van der Waals surface area (Å²) >= 11 is 0. The summed E-state index contributed by atoms with van der Waals surface area (Å²) in [5.74, 6) is -5.72. The molecule has 0 saturated carbocycles. The first kappa shape index (κ1) is 25.4. The minimum atomic E-state index is -1.47. The fourth-order valence-corrected chi connectivity index (χ4v) is 5.07. The predicted octanol–water partition coefficient (Wildman–Crippen LogP) is 4.50. The average molecular weight is 556 g/mol. The van der Waals surface area contributed by atoms with Crippen molar-refractivity contribution < 1.29 is 49.7 Å². The monoisotopic (exact) mass is 556 g/mol. The predicted molar refractivity (Wildman–Crippen MR) is 143 cm³/mol. The quantitative estimate of drug-likeness (QED) is 0.154. The van der Waals surface area contributed by atoms with Gasteiger partial charge in [-0.15, -0.1) is 0 Å². The van der Waals surface area contributed by atoms with Crippen LogP contribution in [0.5, 0.6) is 46.0 Å². The van der Waals surface area contributed by atoms with E-state index in [0.717, 1.165) is 30.3 Å². The molecule has 6 rings (SSSR count). The number of carbonyl (C=O) groups excluding carboxylic acids is 1. The largest absolute Gasteiger partial charge is 0.508 e. The van der Waals surface area contributed by atoms with E-state index in [9.17, 15) is 45.3 Å². The molecule has 11 heteroatoms. The molecule has 41 heavy (non-hydrogen) atoms. The maximum absolute atomic E-state index is 14.1. The molecule has 1 aliphatic rings. The zero-order valence-corrected chi connectivity index (χ0v) is 20.8. The van der Waals surface area contributed by atoms with Crippen molar-refractivity contribution in [3.63, 3.8) is 0 Å². The molecule has 1 aromatic heterocycles. The first-order chi connectivity index (χ1) is 19.5. The molecule has 0 spiro atoms. The normalized spacial score (nSPS) is 16.3. The third kappa shape index (κ3) is 4.07. The third-order valence-corrected chi connectivity index (χ3v) is 6.94. The van der Waals surface area contributed by atoms with Crippen LogP contribution in [0, 0.1) is 0 Å². The van der Waals surface area contributed by atoms with Crippen molar-refractivity contribution in [1.29, 1.82) is 0 Å². The van der Waals surface area contributed by atoms with Gasteiger partial charge in [0.2, 0.25) is 0 Å². The number of carbonyl (C=O) groups is 1. The number of phenols is 7. The Morgan fingerprint density at radius 3 is 2.07 bits per heavy atom. The maximum atomic E-state index is 14.1. The van der Waals surface area contributed by atoms with Crippen molar-refractivity contribution in [2.24, 2.45) is 0 Å². The van der Waals surface area contributed by atoms with Crippen LogP contribution in [-0.4, -0.2) is 41.5 Å². The summed E-state index contributed by atoms with van der Waals surface area (Å²) in [6, 6.07) is 13.3. The van der Waals surface area contributed by atoms with E-state index in [2.05, 4.69) is 0 Å². The van der Waals surface area contributed by atoms with Crippen molar-refractivity contribution in [2.75, 3.05) is 0 Å². The van der Waals surface area contributed by atoms with E-state index in [0.29, 0.717) is 5.56 Å². The molecule has 0 amide bonds. The van der Waals surface area contributed by atoms with Crippen LogP contribution in [0.4, 0.5) is 0 Å². The molecule has 11 nitrogen and oxygen atoms in total. The smallest absolute Gasteiger partial charge is 0.197 e. The highest BCUT2D eigenvalue weighted by Gasteiger charge is 2.44. The molecule has 2 heterocycles. The standard InChI is InChI=1S/C30H20O11/c31-14-4-1-12(2-5-14)29-27(28(39)25-18(35)8-15(32)9-23(25)41-29)26-20(37)10-19(36)24-21(38)11-22(40-30(24)26)13-3-6-16(33)17(34)7-13/h1-11,27,29,31-37H/t27-,29?/m0/s1. The van der Waals surface area contributed by atoms with Gasteiger partial charge in [-0.25, -0.2) is 0 Å². The molecule has 5 aromatic rings. The van der Waals surface area contributed by atoms with Crippen molar-refractivity contribution in [3.8, 4) is 57.3 Å². The summed E-state index contributed by atoms with van der Waals surface area (Å²) in [6.07, 6.45) is -1.23. The lowest BCUT2D eigenvalue weighted by molar-refractivity contribution is 0.0772. The number of Topliss-reactive ketones (excluding diaryl/α,β-unsaturated/α-hetero) is 1. The summed E-state index contributed by atoms with van der Waals surface area (Å²) < 4.78 is 12.1. The van der Waals surface area contributed by atoms with Crippen LogP contribution in [0.2, 0.25) is 0 Å². The van der Waals surface area contributed by atoms with Gasteiger partial charge in [-0.3, -0.25) is 9.59 Å². The van der Waals surface area contributed by atoms with E-state index in [-0.39, 0.29) is 50.7 Å². The fraction of sp³-hybridized carbons (Fsp3) is 0.0667. The zero-order chi connectivity index (χ0) is 29.2. The third-order valence-electron chi connectivity index (χ3n) is 6.94. The summed E-state index contributed by atoms with van der Waals surface area (Å²) in [5.41, 5.74) is -1.16. The molecule has 0 bridgehead atoms. The fourth-order valence-electron chi connectivity index (χ4n) is 5.07. The van der Waals surface area contributed by atoms with Crippen LogP contribution in [0.3, 0.4) is 0 Å². The van der Waals surface area contributed by atoms with Gasteiger partial charge in [-0.05, 0) is 35.9 Å². The Morgan fingerprint density at radius 2 is 1.37 bits per heavy atom. The van der Waals surface area contributed by atoms with Crippen LogP contribution < -0.4 is 10.2 Å². The molecular formula is C30H20O11. The Labute approximate surface area is 229 Å². The molecule has 0 saturated heterocycles. The van der Waals surface area contributed by atoms with Gasteiger partial charge in [0, 0.05) is 29.8 Å². The zero-order valence-electron chi connectivity index (χ0n) is 20.8. The van der Waals surface area contributed by atoms with Gasteiger partial charge in [0.15, 0.2) is 22.7 Å². The molecule has 2 atom stereocenters. The van der Waals surface area contributed by atoms with E-state index in [1.54, 1.807) is 0 Å². The Balaban J connectivity index is 1.67. The summed E-state index contributed by atoms with van der Waals surface area (Å²) in [5, 5.41) is 71.4. The van der Waals surface area contributed by atoms with Crippen molar-refractivity contribution in [2.45, 2.75) is 12.0 Å². The Hall–Kier alpha value is -5.84. The number of rotatable bonds is 3. The minimum Gasteiger partial charge on any atom is -0.508 e. The van der Waals surface area contributed by atoms with Gasteiger partial charge < -0.3 is 44.9 Å². The molecule has 0 aliphatic carbocycles. The first-order valence-corrected chi connectivity index (χ1v) is 12.1. The lowest BCUT2D eigenvalue weighted by Crippen LogP contribution is -2.30. The number of benzene rings is 4. The number of ether oxygens (including phenoxy) is 1. The lowest BCUT2D eigenvalue weighted by atomic mass is 9.79. The second kappa shape index (κ2) is 9.12. The average Bonchev–Trinajstić information content (AvgIpc) is 2.90. The molecule has 1 unspecified atom stereocenters. The molecule has 4 aromatic carbocycles. The SMILES string of the molecule is O=C1c2c(O)cc(O)cc2OC(c2ccc(O)cc2)[C@H]1c1c(O)cc(O)c2c(=O)cc(-c3ccc(O)c(O)c3)oc12. The van der Waals surface area contributed by atoms with Crippen LogP contribution in [0.1, 0.15) is 33.5 Å². The summed E-state index contributed by atoms with van der Waals surface area (Å²) in [6.45, 7) is 0. The minimum absolute atomic E-state index is 0.0751. The second-order valence-corrected chi connectivity index (χ2v) is 9.52. The molecule has 0 fully saturated rings. The van der Waals surface area contributed by atoms with Gasteiger partial charge >= 0.3 is 0 Å². The van der Waals surface area contributed by atoms with Gasteiger partial charge in [0.1, 0.15) is 62.9 Å². The van der Waals surface area contributed by atoms with Crippen LogP contribution in [-0.2, 0) is 0 Å².